The highest BCUT2D eigenvalue weighted by Crippen LogP contribution is 2.43. The molecule has 206 valence electrons. The molecule has 0 bridgehead atoms. The highest BCUT2D eigenvalue weighted by molar-refractivity contribution is 6.32. The molecule has 0 saturated heterocycles. The molecule has 1 saturated carbocycles. The molecule has 0 radical (unpaired) electrons. The van der Waals surface area contributed by atoms with Gasteiger partial charge in [0, 0.05) is 28.9 Å². The molecule has 40 heavy (non-hydrogen) atoms. The molecule has 1 amide bonds. The summed E-state index contributed by atoms with van der Waals surface area (Å²) in [5.74, 6) is 1.30. The van der Waals surface area contributed by atoms with Gasteiger partial charge in [-0.3, -0.25) is 9.78 Å². The van der Waals surface area contributed by atoms with E-state index in [9.17, 15) is 4.79 Å². The van der Waals surface area contributed by atoms with Crippen LogP contribution in [0.1, 0.15) is 25.0 Å². The van der Waals surface area contributed by atoms with Crippen LogP contribution in [0, 0.1) is 0 Å². The first-order valence-electron chi connectivity index (χ1n) is 13.0. The summed E-state index contributed by atoms with van der Waals surface area (Å²) in [6.07, 6.45) is 7.63. The van der Waals surface area contributed by atoms with E-state index in [1.807, 2.05) is 30.3 Å². The number of fused-ring (bicyclic) bond motifs is 1. The number of carbonyl (C=O) groups is 1. The summed E-state index contributed by atoms with van der Waals surface area (Å²) in [6, 6.07) is 14.7. The Morgan fingerprint density at radius 3 is 2.65 bits per heavy atom. The highest BCUT2D eigenvalue weighted by atomic mass is 35.5. The number of carbonyl (C=O) groups excluding carboxylic acids is 1. The van der Waals surface area contributed by atoms with Crippen molar-refractivity contribution in [1.29, 1.82) is 0 Å². The minimum atomic E-state index is -0.337. The van der Waals surface area contributed by atoms with Crippen molar-refractivity contribution in [2.75, 3.05) is 31.3 Å². The Morgan fingerprint density at radius 2 is 1.95 bits per heavy atom. The molecule has 2 aromatic carbocycles. The number of hydrogen-bond acceptors (Lipinski definition) is 8. The third kappa shape index (κ3) is 6.32. The summed E-state index contributed by atoms with van der Waals surface area (Å²) in [5.41, 5.74) is 2.90. The minimum absolute atomic E-state index is 0.195. The fourth-order valence-electron chi connectivity index (χ4n) is 4.47. The van der Waals surface area contributed by atoms with Crippen molar-refractivity contribution in [2.45, 2.75) is 31.4 Å². The van der Waals surface area contributed by atoms with Gasteiger partial charge in [0.25, 0.3) is 0 Å². The van der Waals surface area contributed by atoms with E-state index in [2.05, 4.69) is 51.2 Å². The number of rotatable bonds is 12. The molecule has 2 N–H and O–H groups in total. The second-order valence-corrected chi connectivity index (χ2v) is 10.3. The first-order chi connectivity index (χ1) is 19.4. The molecule has 2 aromatic heterocycles. The smallest absolute Gasteiger partial charge is 0.247 e. The zero-order chi connectivity index (χ0) is 28.1. The van der Waals surface area contributed by atoms with E-state index in [4.69, 9.17) is 21.1 Å². The topological polar surface area (TPSA) is 102 Å². The van der Waals surface area contributed by atoms with E-state index in [0.29, 0.717) is 57.8 Å². The van der Waals surface area contributed by atoms with E-state index in [1.165, 1.54) is 12.4 Å². The van der Waals surface area contributed by atoms with Gasteiger partial charge in [0.05, 0.1) is 28.5 Å². The van der Waals surface area contributed by atoms with Crippen LogP contribution < -0.4 is 20.1 Å². The maximum atomic E-state index is 12.2. The van der Waals surface area contributed by atoms with Crippen molar-refractivity contribution in [3.8, 4) is 11.5 Å². The molecule has 0 aliphatic heterocycles. The molecule has 9 nitrogen and oxygen atoms in total. The van der Waals surface area contributed by atoms with Gasteiger partial charge in [-0.05, 0) is 75.8 Å². The molecule has 0 spiro atoms. The third-order valence-electron chi connectivity index (χ3n) is 7.08. The van der Waals surface area contributed by atoms with Crippen molar-refractivity contribution in [1.82, 2.24) is 19.9 Å². The van der Waals surface area contributed by atoms with E-state index >= 15 is 0 Å². The summed E-state index contributed by atoms with van der Waals surface area (Å²) < 4.78 is 12.0. The normalized spacial score (nSPS) is 13.6. The number of anilines is 3. The molecule has 0 atom stereocenters. The molecule has 4 aromatic rings. The van der Waals surface area contributed by atoms with Crippen molar-refractivity contribution in [2.24, 2.45) is 0 Å². The summed E-state index contributed by atoms with van der Waals surface area (Å²) in [5, 5.41) is 7.31. The number of amides is 1. The van der Waals surface area contributed by atoms with E-state index < -0.39 is 0 Å². The number of nitrogens with zero attached hydrogens (tertiary/aromatic N) is 4. The number of hydrogen-bond donors (Lipinski definition) is 2. The van der Waals surface area contributed by atoms with Crippen molar-refractivity contribution in [3.05, 3.63) is 84.4 Å². The first-order valence-corrected chi connectivity index (χ1v) is 13.4. The van der Waals surface area contributed by atoms with E-state index in [1.54, 1.807) is 24.4 Å². The third-order valence-corrected chi connectivity index (χ3v) is 7.37. The molecule has 2 heterocycles. The summed E-state index contributed by atoms with van der Waals surface area (Å²) >= 11 is 6.51. The lowest BCUT2D eigenvalue weighted by atomic mass is 10.1. The number of benzene rings is 2. The van der Waals surface area contributed by atoms with E-state index in [0.717, 1.165) is 25.0 Å². The van der Waals surface area contributed by atoms with Crippen LogP contribution in [0.15, 0.2) is 73.7 Å². The molecule has 10 heteroatoms. The summed E-state index contributed by atoms with van der Waals surface area (Å²) in [4.78, 5) is 27.6. The maximum absolute atomic E-state index is 12.2. The second kappa shape index (κ2) is 11.9. The van der Waals surface area contributed by atoms with Crippen LogP contribution in [-0.2, 0) is 11.4 Å². The fourth-order valence-corrected chi connectivity index (χ4v) is 4.70. The Kier molecular flexibility index (Phi) is 8.14. The zero-order valence-electron chi connectivity index (χ0n) is 22.5. The quantitative estimate of drug-likeness (QED) is 0.204. The van der Waals surface area contributed by atoms with Gasteiger partial charge in [0.1, 0.15) is 30.3 Å². The van der Waals surface area contributed by atoms with Gasteiger partial charge in [0.2, 0.25) is 5.91 Å². The molecule has 0 unspecified atom stereocenters. The van der Waals surface area contributed by atoms with Gasteiger partial charge in [0.15, 0.2) is 0 Å². The average Bonchev–Trinajstić information content (AvgIpc) is 3.75. The Bertz CT molecular complexity index is 1530. The Balaban J connectivity index is 1.36. The van der Waals surface area contributed by atoms with Crippen molar-refractivity contribution in [3.63, 3.8) is 0 Å². The molecular weight excluding hydrogens is 528 g/mol. The minimum Gasteiger partial charge on any atom is -0.491 e. The summed E-state index contributed by atoms with van der Waals surface area (Å²) in [7, 11) is 4.19. The average molecular weight is 559 g/mol. The number of pyridine rings is 1. The highest BCUT2D eigenvalue weighted by Gasteiger charge is 2.44. The predicted molar refractivity (Wildman–Crippen MR) is 157 cm³/mol. The van der Waals surface area contributed by atoms with Crippen LogP contribution in [0.25, 0.3) is 10.9 Å². The van der Waals surface area contributed by atoms with Crippen LogP contribution >= 0.6 is 11.6 Å². The zero-order valence-corrected chi connectivity index (χ0v) is 23.2. The largest absolute Gasteiger partial charge is 0.491 e. The fraction of sp³-hybridized carbons (Fsp3) is 0.267. The lowest BCUT2D eigenvalue weighted by Gasteiger charge is -2.24. The van der Waals surface area contributed by atoms with Crippen LogP contribution in [0.5, 0.6) is 11.5 Å². The van der Waals surface area contributed by atoms with Crippen LogP contribution in [0.2, 0.25) is 5.02 Å². The van der Waals surface area contributed by atoms with Gasteiger partial charge in [-0.25, -0.2) is 9.97 Å². The molecule has 1 aliphatic carbocycles. The Morgan fingerprint density at radius 1 is 1.10 bits per heavy atom. The van der Waals surface area contributed by atoms with Crippen LogP contribution in [0.4, 0.5) is 17.2 Å². The molecular formula is C30H31ClN6O3. The Labute approximate surface area is 238 Å². The van der Waals surface area contributed by atoms with Crippen molar-refractivity contribution >= 4 is 45.6 Å². The van der Waals surface area contributed by atoms with Crippen LogP contribution in [-0.4, -0.2) is 52.0 Å². The number of halogens is 1. The number of ether oxygens (including phenoxy) is 2. The van der Waals surface area contributed by atoms with Gasteiger partial charge in [-0.1, -0.05) is 24.2 Å². The van der Waals surface area contributed by atoms with Gasteiger partial charge in [-0.2, -0.15) is 0 Å². The SMILES string of the molecule is C=CC(=O)Nc1cc2c(Nc3ccc(OCc4ccccn4)c(Cl)c3)ncnc2cc1OCCC1(N(C)C)CC1. The van der Waals surface area contributed by atoms with Gasteiger partial charge >= 0.3 is 0 Å². The van der Waals surface area contributed by atoms with E-state index in [-0.39, 0.29) is 11.4 Å². The first kappa shape index (κ1) is 27.4. The Hall–Kier alpha value is -4.21. The lowest BCUT2D eigenvalue weighted by molar-refractivity contribution is -0.111. The maximum Gasteiger partial charge on any atom is 0.247 e. The number of nitrogens with one attached hydrogen (secondary N) is 2. The predicted octanol–water partition coefficient (Wildman–Crippen LogP) is 5.99. The lowest BCUT2D eigenvalue weighted by Crippen LogP contribution is -2.31. The standard InChI is InChI=1S/C30H31ClN6O3/c1-4-28(38)36-25-16-22-24(17-27(25)39-14-12-30(10-11-30)37(2)3)33-19-34-29(22)35-20-8-9-26(23(31)15-20)40-18-21-7-5-6-13-32-21/h4-9,13,15-17,19H,1,10-12,14,18H2,2-3H3,(H,36,38)(H,33,34,35). The second-order valence-electron chi connectivity index (χ2n) is 9.88. The van der Waals surface area contributed by atoms with Gasteiger partial charge in [-0.15, -0.1) is 0 Å². The molecule has 1 aliphatic rings. The van der Waals surface area contributed by atoms with Crippen molar-refractivity contribution < 1.29 is 14.3 Å². The molecule has 5 rings (SSSR count). The monoisotopic (exact) mass is 558 g/mol. The van der Waals surface area contributed by atoms with Gasteiger partial charge < -0.3 is 25.0 Å². The summed E-state index contributed by atoms with van der Waals surface area (Å²) in [6.45, 7) is 4.40. The molecule has 1 fully saturated rings. The number of aromatic nitrogens is 3. The van der Waals surface area contributed by atoms with Crippen LogP contribution in [0.3, 0.4) is 0 Å².